The lowest BCUT2D eigenvalue weighted by Crippen LogP contribution is -2.14. The highest BCUT2D eigenvalue weighted by Gasteiger charge is 2.16. The number of carbonyl (C=O) groups excluding carboxylic acids is 1. The van der Waals surface area contributed by atoms with Gasteiger partial charge in [0.2, 0.25) is 0 Å². The fraction of sp³-hybridized carbons (Fsp3) is 0. The molecule has 3 aromatic heterocycles. The van der Waals surface area contributed by atoms with Crippen LogP contribution >= 0.6 is 0 Å². The number of para-hydroxylation sites is 1. The number of fused-ring (bicyclic) bond motifs is 2. The molecule has 1 aromatic carbocycles. The van der Waals surface area contributed by atoms with Gasteiger partial charge in [0.25, 0.3) is 5.91 Å². The summed E-state index contributed by atoms with van der Waals surface area (Å²) in [6.45, 7) is 0. The summed E-state index contributed by atoms with van der Waals surface area (Å²) in [4.78, 5) is 20.4. The third kappa shape index (κ3) is 1.33. The predicted octanol–water partition coefficient (Wildman–Crippen LogP) is 1.76. The van der Waals surface area contributed by atoms with E-state index in [2.05, 4.69) is 20.2 Å². The van der Waals surface area contributed by atoms with Crippen LogP contribution in [0.1, 0.15) is 10.5 Å². The first-order valence-corrected chi connectivity index (χ1v) is 6.06. The van der Waals surface area contributed by atoms with Gasteiger partial charge in [-0.15, -0.1) is 0 Å². The quantitative estimate of drug-likeness (QED) is 0.546. The first kappa shape index (κ1) is 10.9. The van der Waals surface area contributed by atoms with Crippen LogP contribution in [0.25, 0.3) is 32.7 Å². The maximum absolute atomic E-state index is 11.7. The number of hydrogen-bond donors (Lipinski definition) is 2. The summed E-state index contributed by atoms with van der Waals surface area (Å²) in [5.74, 6) is -0.557. The van der Waals surface area contributed by atoms with Gasteiger partial charge < -0.3 is 5.73 Å². The molecule has 1 amide bonds. The van der Waals surface area contributed by atoms with Crippen LogP contribution in [-0.4, -0.2) is 26.1 Å². The lowest BCUT2D eigenvalue weighted by molar-refractivity contribution is 0.0996. The van der Waals surface area contributed by atoms with Gasteiger partial charge in [-0.25, -0.2) is 4.98 Å². The van der Waals surface area contributed by atoms with Gasteiger partial charge in [0.1, 0.15) is 5.69 Å². The second-order valence-corrected chi connectivity index (χ2v) is 4.53. The number of rotatable bonds is 1. The molecule has 20 heavy (non-hydrogen) atoms. The van der Waals surface area contributed by atoms with E-state index in [1.165, 1.54) is 0 Å². The Morgan fingerprint density at radius 2 is 1.90 bits per heavy atom. The molecule has 0 aliphatic carbocycles. The van der Waals surface area contributed by atoms with Crippen LogP contribution in [0.2, 0.25) is 0 Å². The second kappa shape index (κ2) is 3.74. The Morgan fingerprint density at radius 3 is 2.75 bits per heavy atom. The van der Waals surface area contributed by atoms with Gasteiger partial charge in [-0.1, -0.05) is 18.2 Å². The minimum absolute atomic E-state index is 0.268. The van der Waals surface area contributed by atoms with Crippen molar-refractivity contribution in [3.05, 3.63) is 42.4 Å². The Bertz CT molecular complexity index is 984. The topological polar surface area (TPSA) is 97.6 Å². The Kier molecular flexibility index (Phi) is 2.03. The Balaban J connectivity index is 2.44. The zero-order chi connectivity index (χ0) is 13.7. The van der Waals surface area contributed by atoms with Gasteiger partial charge >= 0.3 is 0 Å². The number of amides is 1. The summed E-state index contributed by atoms with van der Waals surface area (Å²) < 4.78 is 0. The highest BCUT2D eigenvalue weighted by atomic mass is 16.1. The maximum Gasteiger partial charge on any atom is 0.267 e. The van der Waals surface area contributed by atoms with Crippen LogP contribution in [-0.2, 0) is 0 Å². The number of nitrogens with zero attached hydrogens (tertiary/aromatic N) is 3. The first-order valence-electron chi connectivity index (χ1n) is 6.06. The van der Waals surface area contributed by atoms with E-state index in [0.717, 1.165) is 21.7 Å². The molecule has 0 saturated heterocycles. The number of nitrogens with one attached hydrogen (secondary N) is 1. The van der Waals surface area contributed by atoms with Crippen molar-refractivity contribution in [2.24, 2.45) is 5.73 Å². The molecule has 0 fully saturated rings. The SMILES string of the molecule is NC(=O)c1[nH]nc2ncc3cnc4ccccc4c1c32. The van der Waals surface area contributed by atoms with Crippen molar-refractivity contribution in [3.63, 3.8) is 0 Å². The van der Waals surface area contributed by atoms with Gasteiger partial charge in [-0.2, -0.15) is 5.10 Å². The van der Waals surface area contributed by atoms with E-state index in [1.807, 2.05) is 24.3 Å². The molecule has 0 atom stereocenters. The summed E-state index contributed by atoms with van der Waals surface area (Å²) in [5, 5.41) is 9.96. The highest BCUT2D eigenvalue weighted by molar-refractivity contribution is 6.22. The van der Waals surface area contributed by atoms with Gasteiger partial charge in [0.05, 0.1) is 5.52 Å². The molecule has 6 nitrogen and oxygen atoms in total. The molecule has 0 radical (unpaired) electrons. The third-order valence-corrected chi connectivity index (χ3v) is 3.37. The van der Waals surface area contributed by atoms with Crippen LogP contribution in [0.3, 0.4) is 0 Å². The lowest BCUT2D eigenvalue weighted by atomic mass is 10.1. The Hall–Kier alpha value is -3.02. The standard InChI is InChI=1S/C14H9N5O/c15-13(20)12-11-8-3-1-2-4-9(8)16-5-7-6-17-14(10(7)11)19-18-12/h1-6,18H,(H2,15,20). The lowest BCUT2D eigenvalue weighted by Gasteiger charge is -2.02. The molecular formula is C14H9N5O. The third-order valence-electron chi connectivity index (χ3n) is 3.37. The van der Waals surface area contributed by atoms with Crippen molar-refractivity contribution in [1.82, 2.24) is 20.2 Å². The van der Waals surface area contributed by atoms with Gasteiger partial charge in [0.15, 0.2) is 5.65 Å². The minimum Gasteiger partial charge on any atom is -0.364 e. The number of primary amides is 1. The van der Waals surface area contributed by atoms with Crippen molar-refractivity contribution in [2.45, 2.75) is 0 Å². The van der Waals surface area contributed by atoms with Crippen molar-refractivity contribution in [3.8, 4) is 0 Å². The van der Waals surface area contributed by atoms with Crippen LogP contribution < -0.4 is 5.73 Å². The molecule has 0 spiro atoms. The molecule has 0 bridgehead atoms. The summed E-state index contributed by atoms with van der Waals surface area (Å²) in [6, 6.07) is 7.59. The van der Waals surface area contributed by atoms with E-state index in [4.69, 9.17) is 5.73 Å². The molecular weight excluding hydrogens is 254 g/mol. The predicted molar refractivity (Wildman–Crippen MR) is 75.2 cm³/mol. The maximum atomic E-state index is 11.7. The average Bonchev–Trinajstić information content (AvgIpc) is 2.79. The number of nitrogens with two attached hydrogens (primary N) is 1. The number of benzene rings is 1. The summed E-state index contributed by atoms with van der Waals surface area (Å²) in [5.41, 5.74) is 7.06. The van der Waals surface area contributed by atoms with Crippen LogP contribution in [0.5, 0.6) is 0 Å². The van der Waals surface area contributed by atoms with E-state index < -0.39 is 5.91 Å². The van der Waals surface area contributed by atoms with Gasteiger partial charge in [-0.3, -0.25) is 14.9 Å². The van der Waals surface area contributed by atoms with Gasteiger partial charge in [-0.05, 0) is 6.07 Å². The van der Waals surface area contributed by atoms with Gasteiger partial charge in [0, 0.05) is 33.9 Å². The Morgan fingerprint density at radius 1 is 1.10 bits per heavy atom. The van der Waals surface area contributed by atoms with E-state index in [9.17, 15) is 4.79 Å². The molecule has 4 aromatic rings. The molecule has 0 saturated carbocycles. The smallest absolute Gasteiger partial charge is 0.267 e. The zero-order valence-corrected chi connectivity index (χ0v) is 10.3. The molecule has 4 rings (SSSR count). The molecule has 3 heterocycles. The summed E-state index contributed by atoms with van der Waals surface area (Å²) in [6.07, 6.45) is 3.42. The van der Waals surface area contributed by atoms with E-state index in [1.54, 1.807) is 12.4 Å². The van der Waals surface area contributed by atoms with Crippen LogP contribution in [0.4, 0.5) is 0 Å². The van der Waals surface area contributed by atoms with Crippen molar-refractivity contribution in [1.29, 1.82) is 0 Å². The fourth-order valence-electron chi connectivity index (χ4n) is 2.50. The number of carbonyl (C=O) groups is 1. The van der Waals surface area contributed by atoms with E-state index >= 15 is 0 Å². The van der Waals surface area contributed by atoms with Crippen molar-refractivity contribution in [2.75, 3.05) is 0 Å². The minimum atomic E-state index is -0.557. The Labute approximate surface area is 112 Å². The number of hydrogen-bond acceptors (Lipinski definition) is 4. The number of aromatic nitrogens is 4. The number of aromatic amines is 1. The normalized spacial score (nSPS) is 11.4. The molecule has 96 valence electrons. The molecule has 0 aliphatic heterocycles. The zero-order valence-electron chi connectivity index (χ0n) is 10.3. The monoisotopic (exact) mass is 263 g/mol. The van der Waals surface area contributed by atoms with Crippen molar-refractivity contribution < 1.29 is 4.79 Å². The van der Waals surface area contributed by atoms with Crippen LogP contribution in [0, 0.1) is 0 Å². The van der Waals surface area contributed by atoms with E-state index in [0.29, 0.717) is 11.0 Å². The van der Waals surface area contributed by atoms with Crippen molar-refractivity contribution >= 4 is 38.6 Å². The second-order valence-electron chi connectivity index (χ2n) is 4.53. The van der Waals surface area contributed by atoms with Crippen LogP contribution in [0.15, 0.2) is 36.7 Å². The summed E-state index contributed by atoms with van der Waals surface area (Å²) in [7, 11) is 0. The highest BCUT2D eigenvalue weighted by Crippen LogP contribution is 2.30. The molecule has 6 heteroatoms. The molecule has 0 aliphatic rings. The molecule has 3 N–H and O–H groups in total. The largest absolute Gasteiger partial charge is 0.364 e. The first-order chi connectivity index (χ1) is 9.75. The summed E-state index contributed by atoms with van der Waals surface area (Å²) >= 11 is 0. The molecule has 0 unspecified atom stereocenters. The number of H-pyrrole nitrogens is 1. The average molecular weight is 263 g/mol. The fourth-order valence-corrected chi connectivity index (χ4v) is 2.50. The van der Waals surface area contributed by atoms with E-state index in [-0.39, 0.29) is 5.69 Å².